The van der Waals surface area contributed by atoms with E-state index in [1.165, 1.54) is 0 Å². The van der Waals surface area contributed by atoms with Crippen LogP contribution in [0.4, 0.5) is 0 Å². The summed E-state index contributed by atoms with van der Waals surface area (Å²) in [5, 5.41) is 2.83. The lowest BCUT2D eigenvalue weighted by atomic mass is 10.1. The van der Waals surface area contributed by atoms with Crippen LogP contribution in [0.5, 0.6) is 0 Å². The SMILES string of the molecule is CCCCCC(=O)NCC(C)CC=O. The summed E-state index contributed by atoms with van der Waals surface area (Å²) in [5.74, 6) is 0.360. The van der Waals surface area contributed by atoms with E-state index in [9.17, 15) is 9.59 Å². The first kappa shape index (κ1) is 13.1. The van der Waals surface area contributed by atoms with Gasteiger partial charge in [0.25, 0.3) is 0 Å². The van der Waals surface area contributed by atoms with Crippen LogP contribution in [0, 0.1) is 5.92 Å². The lowest BCUT2D eigenvalue weighted by molar-refractivity contribution is -0.121. The molecule has 0 aromatic carbocycles. The molecule has 0 fully saturated rings. The third-order valence-electron chi connectivity index (χ3n) is 2.15. The maximum absolute atomic E-state index is 11.2. The molecule has 0 heterocycles. The van der Waals surface area contributed by atoms with E-state index >= 15 is 0 Å². The van der Waals surface area contributed by atoms with Gasteiger partial charge in [-0.25, -0.2) is 0 Å². The molecule has 0 aromatic rings. The number of nitrogens with one attached hydrogen (secondary N) is 1. The van der Waals surface area contributed by atoms with Crippen molar-refractivity contribution in [3.8, 4) is 0 Å². The van der Waals surface area contributed by atoms with E-state index in [1.54, 1.807) is 0 Å². The van der Waals surface area contributed by atoms with Gasteiger partial charge in [0.1, 0.15) is 6.29 Å². The second-order valence-corrected chi connectivity index (χ2v) is 3.77. The van der Waals surface area contributed by atoms with Crippen LogP contribution < -0.4 is 5.32 Å². The van der Waals surface area contributed by atoms with Crippen LogP contribution >= 0.6 is 0 Å². The molecule has 0 saturated heterocycles. The summed E-state index contributed by atoms with van der Waals surface area (Å²) in [5.41, 5.74) is 0. The minimum absolute atomic E-state index is 0.108. The molecule has 0 aliphatic heterocycles. The summed E-state index contributed by atoms with van der Waals surface area (Å²) in [6, 6.07) is 0. The Kier molecular flexibility index (Phi) is 8.19. The van der Waals surface area contributed by atoms with Gasteiger partial charge in [-0.05, 0) is 12.3 Å². The van der Waals surface area contributed by atoms with Crippen LogP contribution in [-0.4, -0.2) is 18.7 Å². The Morgan fingerprint density at radius 1 is 1.43 bits per heavy atom. The Balaban J connectivity index is 3.38. The number of hydrogen-bond donors (Lipinski definition) is 1. The topological polar surface area (TPSA) is 46.2 Å². The van der Waals surface area contributed by atoms with Crippen molar-refractivity contribution < 1.29 is 9.59 Å². The highest BCUT2D eigenvalue weighted by molar-refractivity contribution is 5.75. The van der Waals surface area contributed by atoms with E-state index in [1.807, 2.05) is 6.92 Å². The lowest BCUT2D eigenvalue weighted by Crippen LogP contribution is -2.28. The van der Waals surface area contributed by atoms with Gasteiger partial charge in [0, 0.05) is 19.4 Å². The zero-order valence-corrected chi connectivity index (χ0v) is 9.21. The molecule has 0 radical (unpaired) electrons. The molecule has 3 heteroatoms. The number of amides is 1. The van der Waals surface area contributed by atoms with Gasteiger partial charge in [-0.3, -0.25) is 4.79 Å². The predicted molar refractivity (Wildman–Crippen MR) is 57.0 cm³/mol. The predicted octanol–water partition coefficient (Wildman–Crippen LogP) is 1.91. The molecule has 1 amide bonds. The molecule has 1 atom stereocenters. The van der Waals surface area contributed by atoms with Gasteiger partial charge < -0.3 is 10.1 Å². The number of hydrogen-bond acceptors (Lipinski definition) is 2. The molecule has 0 spiro atoms. The molecular weight excluding hydrogens is 178 g/mol. The van der Waals surface area contributed by atoms with Crippen LogP contribution in [-0.2, 0) is 9.59 Å². The van der Waals surface area contributed by atoms with E-state index in [4.69, 9.17) is 0 Å². The Morgan fingerprint density at radius 3 is 2.71 bits per heavy atom. The van der Waals surface area contributed by atoms with E-state index in [0.717, 1.165) is 25.5 Å². The number of unbranched alkanes of at least 4 members (excludes halogenated alkanes) is 2. The second kappa shape index (κ2) is 8.73. The molecule has 14 heavy (non-hydrogen) atoms. The minimum Gasteiger partial charge on any atom is -0.356 e. The van der Waals surface area contributed by atoms with Gasteiger partial charge in [-0.15, -0.1) is 0 Å². The highest BCUT2D eigenvalue weighted by atomic mass is 16.1. The number of carbonyl (C=O) groups excluding carboxylic acids is 2. The first-order valence-electron chi connectivity index (χ1n) is 5.41. The third-order valence-corrected chi connectivity index (χ3v) is 2.15. The maximum atomic E-state index is 11.2. The van der Waals surface area contributed by atoms with Crippen LogP contribution in [0.2, 0.25) is 0 Å². The Morgan fingerprint density at radius 2 is 2.14 bits per heavy atom. The van der Waals surface area contributed by atoms with Crippen molar-refractivity contribution in [2.45, 2.75) is 46.0 Å². The minimum atomic E-state index is 0.108. The van der Waals surface area contributed by atoms with Crippen LogP contribution in [0.3, 0.4) is 0 Å². The van der Waals surface area contributed by atoms with E-state index in [-0.39, 0.29) is 11.8 Å². The monoisotopic (exact) mass is 199 g/mol. The van der Waals surface area contributed by atoms with Crippen molar-refractivity contribution in [1.82, 2.24) is 5.32 Å². The van der Waals surface area contributed by atoms with Gasteiger partial charge in [0.05, 0.1) is 0 Å². The molecular formula is C11H21NO2. The first-order valence-corrected chi connectivity index (χ1v) is 5.41. The van der Waals surface area contributed by atoms with Crippen molar-refractivity contribution in [3.63, 3.8) is 0 Å². The lowest BCUT2D eigenvalue weighted by Gasteiger charge is -2.09. The van der Waals surface area contributed by atoms with E-state index < -0.39 is 0 Å². The van der Waals surface area contributed by atoms with Gasteiger partial charge in [-0.2, -0.15) is 0 Å². The second-order valence-electron chi connectivity index (χ2n) is 3.77. The molecule has 0 bridgehead atoms. The summed E-state index contributed by atoms with van der Waals surface area (Å²) >= 11 is 0. The fourth-order valence-electron chi connectivity index (χ4n) is 1.16. The summed E-state index contributed by atoms with van der Waals surface area (Å²) in [6.07, 6.45) is 5.24. The Bertz CT molecular complexity index is 169. The molecule has 1 N–H and O–H groups in total. The molecule has 1 unspecified atom stereocenters. The molecule has 82 valence electrons. The van der Waals surface area contributed by atoms with Crippen LogP contribution in [0.1, 0.15) is 46.0 Å². The zero-order valence-electron chi connectivity index (χ0n) is 9.21. The molecule has 0 aliphatic rings. The smallest absolute Gasteiger partial charge is 0.220 e. The van der Waals surface area contributed by atoms with E-state index in [0.29, 0.717) is 19.4 Å². The molecule has 0 aromatic heterocycles. The normalized spacial score (nSPS) is 12.1. The molecule has 0 aliphatic carbocycles. The zero-order chi connectivity index (χ0) is 10.8. The van der Waals surface area contributed by atoms with E-state index in [2.05, 4.69) is 12.2 Å². The fourth-order valence-corrected chi connectivity index (χ4v) is 1.16. The Hall–Kier alpha value is -0.860. The van der Waals surface area contributed by atoms with Crippen LogP contribution in [0.15, 0.2) is 0 Å². The maximum Gasteiger partial charge on any atom is 0.220 e. The van der Waals surface area contributed by atoms with Crippen LogP contribution in [0.25, 0.3) is 0 Å². The summed E-state index contributed by atoms with van der Waals surface area (Å²) in [6.45, 7) is 4.69. The standard InChI is InChI=1S/C11H21NO2/c1-3-4-5-6-11(14)12-9-10(2)7-8-13/h8,10H,3-7,9H2,1-2H3,(H,12,14). The number of aldehydes is 1. The summed E-state index contributed by atoms with van der Waals surface area (Å²) in [4.78, 5) is 21.4. The quantitative estimate of drug-likeness (QED) is 0.479. The fraction of sp³-hybridized carbons (Fsp3) is 0.818. The van der Waals surface area contributed by atoms with Gasteiger partial charge in [0.15, 0.2) is 0 Å². The average Bonchev–Trinajstić information content (AvgIpc) is 2.16. The molecule has 0 rings (SSSR count). The largest absolute Gasteiger partial charge is 0.356 e. The van der Waals surface area contributed by atoms with Crippen molar-refractivity contribution in [2.24, 2.45) is 5.92 Å². The van der Waals surface area contributed by atoms with Crippen molar-refractivity contribution in [1.29, 1.82) is 0 Å². The highest BCUT2D eigenvalue weighted by Gasteiger charge is 2.04. The highest BCUT2D eigenvalue weighted by Crippen LogP contribution is 2.00. The first-order chi connectivity index (χ1) is 6.70. The van der Waals surface area contributed by atoms with Crippen molar-refractivity contribution in [3.05, 3.63) is 0 Å². The molecule has 0 saturated carbocycles. The van der Waals surface area contributed by atoms with Gasteiger partial charge >= 0.3 is 0 Å². The summed E-state index contributed by atoms with van der Waals surface area (Å²) < 4.78 is 0. The Labute approximate surface area is 86.3 Å². The average molecular weight is 199 g/mol. The van der Waals surface area contributed by atoms with Gasteiger partial charge in [-0.1, -0.05) is 26.7 Å². The number of carbonyl (C=O) groups is 2. The molecule has 3 nitrogen and oxygen atoms in total. The van der Waals surface area contributed by atoms with Crippen molar-refractivity contribution in [2.75, 3.05) is 6.54 Å². The third kappa shape index (κ3) is 7.77. The van der Waals surface area contributed by atoms with Crippen molar-refractivity contribution >= 4 is 12.2 Å². The number of rotatable bonds is 8. The van der Waals surface area contributed by atoms with Gasteiger partial charge in [0.2, 0.25) is 5.91 Å². The summed E-state index contributed by atoms with van der Waals surface area (Å²) in [7, 11) is 0.